The van der Waals surface area contributed by atoms with Crippen LogP contribution in [0.3, 0.4) is 0 Å². The Morgan fingerprint density at radius 2 is 0.625 bits per heavy atom. The van der Waals surface area contributed by atoms with Crippen molar-refractivity contribution < 1.29 is 0 Å². The van der Waals surface area contributed by atoms with Crippen LogP contribution in [-0.4, -0.2) is 9.97 Å². The molecule has 0 aliphatic rings. The first-order valence-electron chi connectivity index (χ1n) is 16.2. The summed E-state index contributed by atoms with van der Waals surface area (Å²) in [6, 6.07) is 49.4. The maximum Gasteiger partial charge on any atom is 0.155 e. The van der Waals surface area contributed by atoms with Crippen LogP contribution >= 0.6 is 22.7 Å². The molecule has 0 saturated heterocycles. The molecule has 0 saturated carbocycles. The lowest BCUT2D eigenvalue weighted by Crippen LogP contribution is -1.88. The third-order valence-corrected chi connectivity index (χ3v) is 12.5. The smallest absolute Gasteiger partial charge is 0.155 e. The van der Waals surface area contributed by atoms with Gasteiger partial charge in [-0.1, -0.05) is 132 Å². The zero-order valence-corrected chi connectivity index (χ0v) is 27.0. The van der Waals surface area contributed by atoms with Gasteiger partial charge < -0.3 is 0 Å². The highest BCUT2D eigenvalue weighted by Gasteiger charge is 2.19. The third kappa shape index (κ3) is 3.26. The zero-order valence-electron chi connectivity index (χ0n) is 25.4. The molecule has 48 heavy (non-hydrogen) atoms. The van der Waals surface area contributed by atoms with Crippen molar-refractivity contribution in [2.75, 3.05) is 0 Å². The topological polar surface area (TPSA) is 25.8 Å². The van der Waals surface area contributed by atoms with Crippen LogP contribution in [0.15, 0.2) is 133 Å². The molecular weight excluding hydrogens is 621 g/mol. The Hall–Kier alpha value is -5.68. The van der Waals surface area contributed by atoms with E-state index in [1.807, 2.05) is 0 Å². The Bertz CT molecular complexity index is 3030. The number of thiazole rings is 2. The van der Waals surface area contributed by atoms with Gasteiger partial charge in [-0.3, -0.25) is 0 Å². The quantitative estimate of drug-likeness (QED) is 0.138. The van der Waals surface area contributed by atoms with E-state index in [1.54, 1.807) is 22.7 Å². The predicted molar refractivity (Wildman–Crippen MR) is 209 cm³/mol. The monoisotopic (exact) mass is 642 g/mol. The maximum atomic E-state index is 5.21. The van der Waals surface area contributed by atoms with Gasteiger partial charge in [0.05, 0.1) is 0 Å². The number of benzene rings is 10. The average molecular weight is 643 g/mol. The Labute approximate surface area is 281 Å². The van der Waals surface area contributed by atoms with E-state index in [0.717, 1.165) is 30.8 Å². The first-order chi connectivity index (χ1) is 23.8. The SMILES string of the molecule is c1cc2cccc3c4cc(-c5nc6sc(-c7cc8cccc9c%10cccc%11cccc(c(c7)c89)c%11%10)nc6s5)cc5cccc(c(c1)c23)c54. The highest BCUT2D eigenvalue weighted by Crippen LogP contribution is 2.46. The fourth-order valence-corrected chi connectivity index (χ4v) is 10.5. The van der Waals surface area contributed by atoms with E-state index in [2.05, 4.69) is 133 Å². The van der Waals surface area contributed by atoms with E-state index in [0.29, 0.717) is 0 Å². The second kappa shape index (κ2) is 9.02. The molecule has 0 radical (unpaired) electrons. The molecule has 0 N–H and O–H groups in total. The first kappa shape index (κ1) is 25.4. The van der Waals surface area contributed by atoms with Crippen molar-refractivity contribution in [2.45, 2.75) is 0 Å². The number of fused-ring (bicyclic) bond motifs is 5. The summed E-state index contributed by atoms with van der Waals surface area (Å²) < 4.78 is 0. The summed E-state index contributed by atoms with van der Waals surface area (Å²) in [6.45, 7) is 0. The normalized spacial score (nSPS) is 12.6. The van der Waals surface area contributed by atoms with Gasteiger partial charge in [-0.2, -0.15) is 0 Å². The van der Waals surface area contributed by atoms with Crippen LogP contribution in [0.25, 0.3) is 117 Å². The second-order valence-electron chi connectivity index (χ2n) is 12.9. The van der Waals surface area contributed by atoms with E-state index in [1.165, 1.54) is 86.2 Å². The molecule has 0 atom stereocenters. The average Bonchev–Trinajstić information content (AvgIpc) is 3.72. The molecule has 2 heterocycles. The van der Waals surface area contributed by atoms with Crippen molar-refractivity contribution in [3.8, 4) is 21.1 Å². The van der Waals surface area contributed by atoms with Gasteiger partial charge in [0, 0.05) is 11.1 Å². The van der Waals surface area contributed by atoms with Crippen molar-refractivity contribution in [1.29, 1.82) is 0 Å². The molecule has 12 aromatic rings. The van der Waals surface area contributed by atoms with Gasteiger partial charge in [-0.15, -0.1) is 0 Å². The van der Waals surface area contributed by atoms with E-state index in [-0.39, 0.29) is 0 Å². The Kier molecular flexibility index (Phi) is 4.77. The number of rotatable bonds is 2. The molecule has 10 aromatic carbocycles. The molecule has 0 bridgehead atoms. The summed E-state index contributed by atoms with van der Waals surface area (Å²) in [5, 5.41) is 22.9. The summed E-state index contributed by atoms with van der Waals surface area (Å²) in [4.78, 5) is 12.4. The van der Waals surface area contributed by atoms with Gasteiger partial charge in [0.2, 0.25) is 0 Å². The van der Waals surface area contributed by atoms with Crippen LogP contribution in [0, 0.1) is 0 Å². The fraction of sp³-hybridized carbons (Fsp3) is 0. The van der Waals surface area contributed by atoms with Crippen molar-refractivity contribution in [3.63, 3.8) is 0 Å². The van der Waals surface area contributed by atoms with Gasteiger partial charge in [-0.25, -0.2) is 9.97 Å². The van der Waals surface area contributed by atoms with Crippen molar-refractivity contribution in [1.82, 2.24) is 9.97 Å². The number of nitrogens with zero attached hydrogens (tertiary/aromatic N) is 2. The van der Waals surface area contributed by atoms with E-state index in [4.69, 9.17) is 9.97 Å². The molecule has 2 aromatic heterocycles. The van der Waals surface area contributed by atoms with Crippen LogP contribution in [0.1, 0.15) is 0 Å². The van der Waals surface area contributed by atoms with Gasteiger partial charge in [0.1, 0.15) is 10.0 Å². The van der Waals surface area contributed by atoms with Crippen molar-refractivity contribution in [3.05, 3.63) is 133 Å². The predicted octanol–water partition coefficient (Wildman–Crippen LogP) is 13.2. The Morgan fingerprint density at radius 3 is 1.00 bits per heavy atom. The van der Waals surface area contributed by atoms with Gasteiger partial charge in [0.25, 0.3) is 0 Å². The molecule has 0 unspecified atom stereocenters. The van der Waals surface area contributed by atoms with Crippen LogP contribution in [-0.2, 0) is 0 Å². The second-order valence-corrected chi connectivity index (χ2v) is 14.9. The van der Waals surface area contributed by atoms with Crippen LogP contribution in [0.4, 0.5) is 0 Å². The van der Waals surface area contributed by atoms with Crippen molar-refractivity contribution >= 4 is 119 Å². The molecule has 0 aliphatic carbocycles. The lowest BCUT2D eigenvalue weighted by atomic mass is 9.89. The minimum absolute atomic E-state index is 0.995. The van der Waals surface area contributed by atoms with Crippen LogP contribution in [0.5, 0.6) is 0 Å². The first-order valence-corrected chi connectivity index (χ1v) is 17.9. The highest BCUT2D eigenvalue weighted by molar-refractivity contribution is 7.29. The minimum atomic E-state index is 0.995. The summed E-state index contributed by atoms with van der Waals surface area (Å²) in [5.41, 5.74) is 2.30. The number of hydrogen-bond donors (Lipinski definition) is 0. The number of aromatic nitrogens is 2. The maximum absolute atomic E-state index is 5.21. The third-order valence-electron chi connectivity index (χ3n) is 10.4. The number of hydrogen-bond acceptors (Lipinski definition) is 4. The van der Waals surface area contributed by atoms with Gasteiger partial charge >= 0.3 is 0 Å². The van der Waals surface area contributed by atoms with Gasteiger partial charge in [-0.05, 0) is 110 Å². The van der Waals surface area contributed by atoms with Gasteiger partial charge in [0.15, 0.2) is 9.66 Å². The van der Waals surface area contributed by atoms with E-state index < -0.39 is 0 Å². The minimum Gasteiger partial charge on any atom is -0.223 e. The van der Waals surface area contributed by atoms with E-state index >= 15 is 0 Å². The van der Waals surface area contributed by atoms with Crippen LogP contribution < -0.4 is 0 Å². The molecule has 4 heteroatoms. The molecule has 220 valence electrons. The Morgan fingerprint density at radius 1 is 0.312 bits per heavy atom. The zero-order chi connectivity index (χ0) is 31.1. The van der Waals surface area contributed by atoms with Crippen LogP contribution in [0.2, 0.25) is 0 Å². The summed E-state index contributed by atoms with van der Waals surface area (Å²) in [6.07, 6.45) is 0. The fourth-order valence-electron chi connectivity index (χ4n) is 8.45. The lowest BCUT2D eigenvalue weighted by molar-refractivity contribution is 1.49. The largest absolute Gasteiger partial charge is 0.223 e. The molecule has 0 aliphatic heterocycles. The lowest BCUT2D eigenvalue weighted by Gasteiger charge is -2.15. The molecule has 0 amide bonds. The summed E-state index contributed by atoms with van der Waals surface area (Å²) in [5.74, 6) is 0. The molecule has 0 fully saturated rings. The van der Waals surface area contributed by atoms with E-state index in [9.17, 15) is 0 Å². The highest BCUT2D eigenvalue weighted by atomic mass is 32.1. The molecular formula is C44H22N2S2. The Balaban J connectivity index is 1.05. The molecule has 12 rings (SSSR count). The molecule has 0 spiro atoms. The molecule has 2 nitrogen and oxygen atoms in total. The summed E-state index contributed by atoms with van der Waals surface area (Å²) in [7, 11) is 0. The van der Waals surface area contributed by atoms with Crippen molar-refractivity contribution in [2.24, 2.45) is 0 Å². The summed E-state index contributed by atoms with van der Waals surface area (Å²) >= 11 is 3.39. The standard InChI is InChI=1S/C44H22N2S2/c1-7-23-9-3-17-33-35-21-27(19-25-11-5-15-31(39(25)35)29(13-1)37(23)33)41-45-43-44(47-41)46-42(48-43)28-20-26-12-6-16-32-30-14-2-8-24-10-4-18-34(38(24)30)36(22-28)40(26)32/h1-22H.